The number of nitro groups is 1. The van der Waals surface area contributed by atoms with Gasteiger partial charge in [-0.2, -0.15) is 5.10 Å². The molecular weight excluding hydrogens is 268 g/mol. The van der Waals surface area contributed by atoms with Crippen molar-refractivity contribution in [3.05, 3.63) is 21.5 Å². The van der Waals surface area contributed by atoms with E-state index in [0.29, 0.717) is 0 Å². The number of carbonyl (C=O) groups excluding carboxylic acids is 1. The second-order valence-corrected chi connectivity index (χ2v) is 4.80. The molecule has 1 aromatic rings. The molecule has 20 heavy (non-hydrogen) atoms. The van der Waals surface area contributed by atoms with Gasteiger partial charge in [0, 0.05) is 0 Å². The number of nitrogens with zero attached hydrogens (tertiary/aromatic N) is 2. The van der Waals surface area contributed by atoms with Gasteiger partial charge in [-0.1, -0.05) is 13.8 Å². The number of carboxylic acids is 1. The van der Waals surface area contributed by atoms with Gasteiger partial charge in [-0.3, -0.25) is 20.0 Å². The molecule has 0 spiro atoms. The largest absolute Gasteiger partial charge is 0.480 e. The van der Waals surface area contributed by atoms with Crippen LogP contribution in [0.15, 0.2) is 0 Å². The Balaban J connectivity index is 2.95. The van der Waals surface area contributed by atoms with Gasteiger partial charge in [-0.15, -0.1) is 0 Å². The van der Waals surface area contributed by atoms with E-state index in [9.17, 15) is 19.7 Å². The third kappa shape index (κ3) is 3.53. The second kappa shape index (κ2) is 6.13. The SMILES string of the molecule is Cc1[nH]nc(C(=O)N[C@H](CC(C)C)C(=O)O)c1[N+](=O)[O-]. The fraction of sp³-hybridized carbons (Fsp3) is 0.545. The molecule has 0 unspecified atom stereocenters. The summed E-state index contributed by atoms with van der Waals surface area (Å²) in [7, 11) is 0. The number of aryl methyl sites for hydroxylation is 1. The first-order valence-corrected chi connectivity index (χ1v) is 5.97. The fourth-order valence-corrected chi connectivity index (χ4v) is 1.72. The summed E-state index contributed by atoms with van der Waals surface area (Å²) >= 11 is 0. The van der Waals surface area contributed by atoms with Gasteiger partial charge in [0.15, 0.2) is 0 Å². The maximum absolute atomic E-state index is 11.9. The van der Waals surface area contributed by atoms with E-state index >= 15 is 0 Å². The monoisotopic (exact) mass is 284 g/mol. The van der Waals surface area contributed by atoms with Crippen LogP contribution in [0.3, 0.4) is 0 Å². The van der Waals surface area contributed by atoms with Gasteiger partial charge in [-0.25, -0.2) is 4.79 Å². The number of aromatic nitrogens is 2. The zero-order valence-electron chi connectivity index (χ0n) is 11.3. The van der Waals surface area contributed by atoms with E-state index in [1.807, 2.05) is 13.8 Å². The first-order chi connectivity index (χ1) is 9.23. The Hall–Kier alpha value is -2.45. The Morgan fingerprint density at radius 1 is 1.50 bits per heavy atom. The maximum atomic E-state index is 11.9. The van der Waals surface area contributed by atoms with Gasteiger partial charge in [0.1, 0.15) is 11.7 Å². The van der Waals surface area contributed by atoms with Crippen molar-refractivity contribution in [3.63, 3.8) is 0 Å². The fourth-order valence-electron chi connectivity index (χ4n) is 1.72. The molecule has 0 saturated carbocycles. The third-order valence-corrected chi connectivity index (χ3v) is 2.62. The van der Waals surface area contributed by atoms with Gasteiger partial charge in [0.2, 0.25) is 5.69 Å². The van der Waals surface area contributed by atoms with Crippen LogP contribution in [0.5, 0.6) is 0 Å². The molecule has 3 N–H and O–H groups in total. The summed E-state index contributed by atoms with van der Waals surface area (Å²) in [5.41, 5.74) is -0.727. The lowest BCUT2D eigenvalue weighted by molar-refractivity contribution is -0.385. The quantitative estimate of drug-likeness (QED) is 0.523. The summed E-state index contributed by atoms with van der Waals surface area (Å²) in [6, 6.07) is -1.11. The Labute approximate surface area is 114 Å². The number of amides is 1. The normalized spacial score (nSPS) is 12.2. The number of carboxylic acid groups (broad SMARTS) is 1. The molecule has 0 fully saturated rings. The predicted octanol–water partition coefficient (Wildman–Crippen LogP) is 0.855. The summed E-state index contributed by atoms with van der Waals surface area (Å²) < 4.78 is 0. The summed E-state index contributed by atoms with van der Waals surface area (Å²) in [6.07, 6.45) is 0.221. The van der Waals surface area contributed by atoms with E-state index in [4.69, 9.17) is 5.11 Å². The lowest BCUT2D eigenvalue weighted by Gasteiger charge is -2.15. The zero-order valence-corrected chi connectivity index (χ0v) is 11.3. The first-order valence-electron chi connectivity index (χ1n) is 5.97. The second-order valence-electron chi connectivity index (χ2n) is 4.80. The molecule has 0 bridgehead atoms. The molecule has 1 rings (SSSR count). The molecule has 0 aliphatic heterocycles. The average Bonchev–Trinajstić information content (AvgIpc) is 2.69. The van der Waals surface area contributed by atoms with Gasteiger partial charge in [-0.05, 0) is 19.3 Å². The van der Waals surface area contributed by atoms with Crippen LogP contribution in [0, 0.1) is 23.0 Å². The van der Waals surface area contributed by atoms with Crippen LogP contribution in [-0.4, -0.2) is 38.1 Å². The highest BCUT2D eigenvalue weighted by Gasteiger charge is 2.30. The highest BCUT2D eigenvalue weighted by atomic mass is 16.6. The number of hydrogen-bond donors (Lipinski definition) is 3. The van der Waals surface area contributed by atoms with E-state index in [-0.39, 0.29) is 18.0 Å². The average molecular weight is 284 g/mol. The topological polar surface area (TPSA) is 138 Å². The van der Waals surface area contributed by atoms with E-state index in [1.54, 1.807) is 0 Å². The van der Waals surface area contributed by atoms with E-state index in [1.165, 1.54) is 6.92 Å². The Bertz CT molecular complexity index is 537. The molecule has 0 aliphatic rings. The van der Waals surface area contributed by atoms with Crippen molar-refractivity contribution < 1.29 is 19.6 Å². The first kappa shape index (κ1) is 15.6. The molecule has 1 aromatic heterocycles. The Morgan fingerprint density at radius 2 is 2.10 bits per heavy atom. The minimum Gasteiger partial charge on any atom is -0.480 e. The number of nitrogens with one attached hydrogen (secondary N) is 2. The van der Waals surface area contributed by atoms with Crippen molar-refractivity contribution in [1.29, 1.82) is 0 Å². The molecule has 0 aliphatic carbocycles. The van der Waals surface area contributed by atoms with Crippen molar-refractivity contribution in [2.45, 2.75) is 33.2 Å². The molecule has 0 aromatic carbocycles. The van der Waals surface area contributed by atoms with Crippen LogP contribution >= 0.6 is 0 Å². The molecule has 110 valence electrons. The highest BCUT2D eigenvalue weighted by molar-refractivity contribution is 5.98. The smallest absolute Gasteiger partial charge is 0.326 e. The number of aliphatic carboxylic acids is 1. The number of rotatable bonds is 6. The maximum Gasteiger partial charge on any atom is 0.326 e. The third-order valence-electron chi connectivity index (χ3n) is 2.62. The van der Waals surface area contributed by atoms with E-state index in [0.717, 1.165) is 0 Å². The molecule has 0 saturated heterocycles. The van der Waals surface area contributed by atoms with Crippen LogP contribution in [-0.2, 0) is 4.79 Å². The minimum atomic E-state index is -1.19. The highest BCUT2D eigenvalue weighted by Crippen LogP contribution is 2.20. The standard InChI is InChI=1S/C11H16N4O5/c1-5(2)4-7(11(17)18)12-10(16)8-9(15(19)20)6(3)13-14-8/h5,7H,4H2,1-3H3,(H,12,16)(H,13,14)(H,17,18)/t7-/m1/s1. The summed E-state index contributed by atoms with van der Waals surface area (Å²) in [5, 5.41) is 28.0. The lowest BCUT2D eigenvalue weighted by Crippen LogP contribution is -2.42. The lowest BCUT2D eigenvalue weighted by atomic mass is 10.0. The van der Waals surface area contributed by atoms with Crippen molar-refractivity contribution in [3.8, 4) is 0 Å². The van der Waals surface area contributed by atoms with Gasteiger partial charge < -0.3 is 10.4 Å². The molecule has 1 amide bonds. The molecule has 1 heterocycles. The van der Waals surface area contributed by atoms with Crippen molar-refractivity contribution in [2.24, 2.45) is 5.92 Å². The van der Waals surface area contributed by atoms with Crippen molar-refractivity contribution in [1.82, 2.24) is 15.5 Å². The zero-order chi connectivity index (χ0) is 15.4. The molecular formula is C11H16N4O5. The summed E-state index contributed by atoms with van der Waals surface area (Å²) in [5.74, 6) is -2.02. The summed E-state index contributed by atoms with van der Waals surface area (Å²) in [4.78, 5) is 33.1. The van der Waals surface area contributed by atoms with E-state index in [2.05, 4.69) is 15.5 Å². The van der Waals surface area contributed by atoms with E-state index < -0.39 is 34.2 Å². The molecule has 1 atom stereocenters. The Morgan fingerprint density at radius 3 is 2.55 bits per heavy atom. The van der Waals surface area contributed by atoms with Crippen LogP contribution in [0.25, 0.3) is 0 Å². The van der Waals surface area contributed by atoms with Crippen LogP contribution in [0.2, 0.25) is 0 Å². The Kier molecular flexibility index (Phi) is 4.78. The number of aromatic amines is 1. The molecule has 9 heteroatoms. The summed E-state index contributed by atoms with van der Waals surface area (Å²) in [6.45, 7) is 5.02. The van der Waals surface area contributed by atoms with Crippen LogP contribution < -0.4 is 5.32 Å². The predicted molar refractivity (Wildman–Crippen MR) is 68.3 cm³/mol. The molecule has 9 nitrogen and oxygen atoms in total. The van der Waals surface area contributed by atoms with Gasteiger partial charge in [0.05, 0.1) is 4.92 Å². The van der Waals surface area contributed by atoms with Crippen LogP contribution in [0.4, 0.5) is 5.69 Å². The van der Waals surface area contributed by atoms with Gasteiger partial charge >= 0.3 is 11.7 Å². The number of carbonyl (C=O) groups is 2. The van der Waals surface area contributed by atoms with Crippen molar-refractivity contribution in [2.75, 3.05) is 0 Å². The van der Waals surface area contributed by atoms with Crippen LogP contribution in [0.1, 0.15) is 36.5 Å². The molecule has 0 radical (unpaired) electrons. The minimum absolute atomic E-state index is 0.0484. The van der Waals surface area contributed by atoms with Gasteiger partial charge in [0.25, 0.3) is 5.91 Å². The number of H-pyrrole nitrogens is 1. The number of hydrogen-bond acceptors (Lipinski definition) is 5. The van der Waals surface area contributed by atoms with Crippen molar-refractivity contribution >= 4 is 17.6 Å².